The first-order valence-electron chi connectivity index (χ1n) is 8.51. The molecular formula is C20H22N2O3. The number of amides is 2. The second kappa shape index (κ2) is 7.38. The Morgan fingerprint density at radius 2 is 1.92 bits per heavy atom. The molecule has 0 radical (unpaired) electrons. The lowest BCUT2D eigenvalue weighted by atomic mass is 10.1. The number of hydrogen-bond acceptors (Lipinski definition) is 3. The van der Waals surface area contributed by atoms with Crippen LogP contribution in [0, 0.1) is 6.92 Å². The highest BCUT2D eigenvalue weighted by atomic mass is 16.5. The second-order valence-corrected chi connectivity index (χ2v) is 6.07. The van der Waals surface area contributed by atoms with Gasteiger partial charge in [-0.1, -0.05) is 29.8 Å². The molecule has 25 heavy (non-hydrogen) atoms. The Hall–Kier alpha value is -2.82. The van der Waals surface area contributed by atoms with E-state index >= 15 is 0 Å². The zero-order valence-electron chi connectivity index (χ0n) is 14.5. The molecule has 1 aliphatic heterocycles. The van der Waals surface area contributed by atoms with Crippen LogP contribution in [0.5, 0.6) is 5.75 Å². The first-order valence-corrected chi connectivity index (χ1v) is 8.51. The SMILES string of the molecule is CCOc1ccccc1C(=O)N[C@H]1CCN(c2ccc(C)cc2)C1=O. The van der Waals surface area contributed by atoms with Gasteiger partial charge in [0.1, 0.15) is 11.8 Å². The summed E-state index contributed by atoms with van der Waals surface area (Å²) in [5.41, 5.74) is 2.46. The van der Waals surface area contributed by atoms with E-state index in [2.05, 4.69) is 5.32 Å². The van der Waals surface area contributed by atoms with Gasteiger partial charge < -0.3 is 15.0 Å². The molecule has 2 aromatic rings. The number of para-hydroxylation sites is 1. The third kappa shape index (κ3) is 3.65. The number of carbonyl (C=O) groups excluding carboxylic acids is 2. The fourth-order valence-electron chi connectivity index (χ4n) is 2.97. The van der Waals surface area contributed by atoms with Gasteiger partial charge in [-0.2, -0.15) is 0 Å². The molecule has 0 aliphatic carbocycles. The van der Waals surface area contributed by atoms with Crippen LogP contribution in [-0.2, 0) is 4.79 Å². The quantitative estimate of drug-likeness (QED) is 0.912. The molecular weight excluding hydrogens is 316 g/mol. The maximum absolute atomic E-state index is 12.6. The number of carbonyl (C=O) groups is 2. The average molecular weight is 338 g/mol. The van der Waals surface area contributed by atoms with Gasteiger partial charge in [0.15, 0.2) is 0 Å². The van der Waals surface area contributed by atoms with Crippen LogP contribution in [0.3, 0.4) is 0 Å². The van der Waals surface area contributed by atoms with Crippen LogP contribution in [0.2, 0.25) is 0 Å². The molecule has 3 rings (SSSR count). The van der Waals surface area contributed by atoms with E-state index < -0.39 is 6.04 Å². The lowest BCUT2D eigenvalue weighted by molar-refractivity contribution is -0.118. The first kappa shape index (κ1) is 17.0. The van der Waals surface area contributed by atoms with Crippen molar-refractivity contribution in [3.05, 3.63) is 59.7 Å². The van der Waals surface area contributed by atoms with Crippen LogP contribution in [-0.4, -0.2) is 31.0 Å². The Bertz CT molecular complexity index is 771. The number of hydrogen-bond donors (Lipinski definition) is 1. The fraction of sp³-hybridized carbons (Fsp3) is 0.300. The summed E-state index contributed by atoms with van der Waals surface area (Å²) in [6.07, 6.45) is 0.593. The number of rotatable bonds is 5. The summed E-state index contributed by atoms with van der Waals surface area (Å²) in [7, 11) is 0. The van der Waals surface area contributed by atoms with Crippen LogP contribution in [0.4, 0.5) is 5.69 Å². The second-order valence-electron chi connectivity index (χ2n) is 6.07. The predicted octanol–water partition coefficient (Wildman–Crippen LogP) is 2.93. The molecule has 1 fully saturated rings. The van der Waals surface area contributed by atoms with Gasteiger partial charge in [0.2, 0.25) is 5.91 Å². The van der Waals surface area contributed by atoms with E-state index in [9.17, 15) is 9.59 Å². The smallest absolute Gasteiger partial charge is 0.255 e. The Balaban J connectivity index is 1.71. The molecule has 0 aromatic heterocycles. The molecule has 5 nitrogen and oxygen atoms in total. The zero-order chi connectivity index (χ0) is 17.8. The van der Waals surface area contributed by atoms with Crippen molar-refractivity contribution in [1.82, 2.24) is 5.32 Å². The molecule has 2 amide bonds. The lowest BCUT2D eigenvalue weighted by Gasteiger charge is -2.18. The highest BCUT2D eigenvalue weighted by Crippen LogP contribution is 2.23. The number of aryl methyl sites for hydroxylation is 1. The normalized spacial score (nSPS) is 16.8. The fourth-order valence-corrected chi connectivity index (χ4v) is 2.97. The van der Waals surface area contributed by atoms with Gasteiger partial charge in [0, 0.05) is 12.2 Å². The molecule has 0 unspecified atom stereocenters. The summed E-state index contributed by atoms with van der Waals surface area (Å²) in [6.45, 7) is 4.96. The standard InChI is InChI=1S/C20H22N2O3/c1-3-25-18-7-5-4-6-16(18)19(23)21-17-12-13-22(20(17)24)15-10-8-14(2)9-11-15/h4-11,17H,3,12-13H2,1-2H3,(H,21,23)/t17-/m0/s1. The molecule has 0 spiro atoms. The third-order valence-corrected chi connectivity index (χ3v) is 4.29. The maximum atomic E-state index is 12.6. The molecule has 0 saturated carbocycles. The van der Waals surface area contributed by atoms with Gasteiger partial charge in [-0.25, -0.2) is 0 Å². The van der Waals surface area contributed by atoms with Gasteiger partial charge in [-0.05, 0) is 44.5 Å². The van der Waals surface area contributed by atoms with E-state index in [1.54, 1.807) is 23.1 Å². The van der Waals surface area contributed by atoms with E-state index in [1.165, 1.54) is 0 Å². The summed E-state index contributed by atoms with van der Waals surface area (Å²) < 4.78 is 5.49. The number of nitrogens with one attached hydrogen (secondary N) is 1. The molecule has 130 valence electrons. The summed E-state index contributed by atoms with van der Waals surface area (Å²) in [6, 6.07) is 14.4. The van der Waals surface area contributed by atoms with E-state index in [1.807, 2.05) is 44.2 Å². The minimum absolute atomic E-state index is 0.0777. The largest absolute Gasteiger partial charge is 0.493 e. The van der Waals surface area contributed by atoms with E-state index in [0.29, 0.717) is 30.9 Å². The van der Waals surface area contributed by atoms with Crippen molar-refractivity contribution in [1.29, 1.82) is 0 Å². The summed E-state index contributed by atoms with van der Waals surface area (Å²) in [5, 5.41) is 2.84. The molecule has 1 heterocycles. The third-order valence-electron chi connectivity index (χ3n) is 4.29. The Morgan fingerprint density at radius 1 is 1.20 bits per heavy atom. The van der Waals surface area contributed by atoms with Crippen molar-refractivity contribution < 1.29 is 14.3 Å². The predicted molar refractivity (Wildman–Crippen MR) is 97.0 cm³/mol. The highest BCUT2D eigenvalue weighted by Gasteiger charge is 2.34. The summed E-state index contributed by atoms with van der Waals surface area (Å²) in [4.78, 5) is 26.9. The van der Waals surface area contributed by atoms with Crippen LogP contribution < -0.4 is 15.0 Å². The van der Waals surface area contributed by atoms with E-state index in [0.717, 1.165) is 11.3 Å². The van der Waals surface area contributed by atoms with Gasteiger partial charge in [0.25, 0.3) is 5.91 Å². The van der Waals surface area contributed by atoms with Crippen molar-refractivity contribution in [3.63, 3.8) is 0 Å². The number of benzene rings is 2. The zero-order valence-corrected chi connectivity index (χ0v) is 14.5. The van der Waals surface area contributed by atoms with Crippen molar-refractivity contribution in [3.8, 4) is 5.75 Å². The minimum atomic E-state index is -0.511. The van der Waals surface area contributed by atoms with E-state index in [-0.39, 0.29) is 11.8 Å². The van der Waals surface area contributed by atoms with Crippen molar-refractivity contribution in [2.24, 2.45) is 0 Å². The van der Waals surface area contributed by atoms with Gasteiger partial charge in [0.05, 0.1) is 12.2 Å². The Morgan fingerprint density at radius 3 is 2.64 bits per heavy atom. The minimum Gasteiger partial charge on any atom is -0.493 e. The van der Waals surface area contributed by atoms with Gasteiger partial charge in [-0.3, -0.25) is 9.59 Å². The van der Waals surface area contributed by atoms with Crippen LogP contribution in [0.1, 0.15) is 29.3 Å². The van der Waals surface area contributed by atoms with Gasteiger partial charge >= 0.3 is 0 Å². The van der Waals surface area contributed by atoms with Crippen molar-refractivity contribution in [2.45, 2.75) is 26.3 Å². The van der Waals surface area contributed by atoms with Crippen LogP contribution in [0.15, 0.2) is 48.5 Å². The Labute approximate surface area is 147 Å². The Kier molecular flexibility index (Phi) is 5.03. The van der Waals surface area contributed by atoms with Crippen LogP contribution >= 0.6 is 0 Å². The average Bonchev–Trinajstić information content (AvgIpc) is 2.97. The van der Waals surface area contributed by atoms with Crippen molar-refractivity contribution >= 4 is 17.5 Å². The van der Waals surface area contributed by atoms with E-state index in [4.69, 9.17) is 4.74 Å². The first-order chi connectivity index (χ1) is 12.1. The molecule has 1 N–H and O–H groups in total. The summed E-state index contributed by atoms with van der Waals surface area (Å²) in [5.74, 6) is 0.169. The number of nitrogens with zero attached hydrogens (tertiary/aromatic N) is 1. The highest BCUT2D eigenvalue weighted by molar-refractivity contribution is 6.04. The molecule has 1 atom stereocenters. The molecule has 2 aromatic carbocycles. The van der Waals surface area contributed by atoms with Gasteiger partial charge in [-0.15, -0.1) is 0 Å². The number of anilines is 1. The summed E-state index contributed by atoms with van der Waals surface area (Å²) >= 11 is 0. The molecule has 5 heteroatoms. The number of ether oxygens (including phenoxy) is 1. The molecule has 0 bridgehead atoms. The monoisotopic (exact) mass is 338 g/mol. The topological polar surface area (TPSA) is 58.6 Å². The maximum Gasteiger partial charge on any atom is 0.255 e. The van der Waals surface area contributed by atoms with Crippen molar-refractivity contribution in [2.75, 3.05) is 18.1 Å². The van der Waals surface area contributed by atoms with Crippen LogP contribution in [0.25, 0.3) is 0 Å². The lowest BCUT2D eigenvalue weighted by Crippen LogP contribution is -2.41. The molecule has 1 aliphatic rings. The molecule has 1 saturated heterocycles.